The molecule has 1 aromatic carbocycles. The summed E-state index contributed by atoms with van der Waals surface area (Å²) in [4.78, 5) is 11.4. The highest BCUT2D eigenvalue weighted by Crippen LogP contribution is 2.31. The molecule has 0 fully saturated rings. The largest absolute Gasteiger partial charge is 0.375 e. The van der Waals surface area contributed by atoms with Gasteiger partial charge in [0.2, 0.25) is 5.91 Å². The third kappa shape index (κ3) is 4.16. The molecule has 1 rings (SSSR count). The van der Waals surface area contributed by atoms with Gasteiger partial charge < -0.3 is 10.1 Å². The molecule has 0 unspecified atom stereocenters. The Labute approximate surface area is 117 Å². The lowest BCUT2D eigenvalue weighted by Gasteiger charge is -2.26. The normalized spacial score (nSPS) is 11.4. The number of ether oxygens (including phenoxy) is 1. The maximum atomic E-state index is 11.4. The van der Waals surface area contributed by atoms with Crippen LogP contribution >= 0.6 is 23.2 Å². The van der Waals surface area contributed by atoms with Crippen LogP contribution in [0.25, 0.3) is 0 Å². The highest BCUT2D eigenvalue weighted by molar-refractivity contribution is 6.35. The molecule has 0 saturated carbocycles. The van der Waals surface area contributed by atoms with E-state index in [-0.39, 0.29) is 17.9 Å². The quantitative estimate of drug-likeness (QED) is 0.905. The van der Waals surface area contributed by atoms with Crippen molar-refractivity contribution in [2.75, 3.05) is 20.3 Å². The molecule has 0 atom stereocenters. The number of hydrogen-bond donors (Lipinski definition) is 1. The monoisotopic (exact) mass is 289 g/mol. The number of carbonyl (C=O) groups excluding carboxylic acids is 1. The number of hydrogen-bond acceptors (Lipinski definition) is 2. The lowest BCUT2D eigenvalue weighted by atomic mass is 9.84. The fraction of sp³-hybridized carbons (Fsp3) is 0.462. The van der Waals surface area contributed by atoms with Crippen LogP contribution < -0.4 is 5.32 Å². The highest BCUT2D eigenvalue weighted by Gasteiger charge is 2.24. The van der Waals surface area contributed by atoms with Crippen molar-refractivity contribution in [2.45, 2.75) is 19.3 Å². The molecule has 0 radical (unpaired) electrons. The second kappa shape index (κ2) is 6.41. The van der Waals surface area contributed by atoms with Crippen molar-refractivity contribution in [1.29, 1.82) is 0 Å². The molecular weight excluding hydrogens is 273 g/mol. The van der Waals surface area contributed by atoms with Gasteiger partial charge in [0, 0.05) is 29.1 Å². The molecule has 0 aliphatic carbocycles. The van der Waals surface area contributed by atoms with Crippen LogP contribution in [-0.4, -0.2) is 26.2 Å². The number of nitrogens with one attached hydrogen (secondary N) is 1. The first-order valence-electron chi connectivity index (χ1n) is 5.58. The van der Waals surface area contributed by atoms with Gasteiger partial charge in [0.25, 0.3) is 0 Å². The molecule has 0 bridgehead atoms. The van der Waals surface area contributed by atoms with Crippen molar-refractivity contribution in [3.05, 3.63) is 33.8 Å². The summed E-state index contributed by atoms with van der Waals surface area (Å²) in [5.74, 6) is -0.143. The zero-order chi connectivity index (χ0) is 13.8. The van der Waals surface area contributed by atoms with Crippen LogP contribution in [0.3, 0.4) is 0 Å². The summed E-state index contributed by atoms with van der Waals surface area (Å²) in [5, 5.41) is 4.01. The number of methoxy groups -OCH3 is 1. The molecule has 1 N–H and O–H groups in total. The summed E-state index contributed by atoms with van der Waals surface area (Å²) >= 11 is 12.0. The van der Waals surface area contributed by atoms with E-state index in [9.17, 15) is 4.79 Å². The van der Waals surface area contributed by atoms with Crippen LogP contribution in [-0.2, 0) is 14.9 Å². The molecule has 0 heterocycles. The Bertz CT molecular complexity index is 433. The average molecular weight is 290 g/mol. The zero-order valence-corrected chi connectivity index (χ0v) is 12.2. The Morgan fingerprint density at radius 3 is 2.61 bits per heavy atom. The topological polar surface area (TPSA) is 38.3 Å². The molecule has 0 aliphatic heterocycles. The van der Waals surface area contributed by atoms with E-state index >= 15 is 0 Å². The smallest absolute Gasteiger partial charge is 0.246 e. The minimum Gasteiger partial charge on any atom is -0.375 e. The molecule has 3 nitrogen and oxygen atoms in total. The Morgan fingerprint density at radius 2 is 2.06 bits per heavy atom. The van der Waals surface area contributed by atoms with Crippen molar-refractivity contribution < 1.29 is 9.53 Å². The van der Waals surface area contributed by atoms with Crippen molar-refractivity contribution in [1.82, 2.24) is 5.32 Å². The molecular formula is C13H17Cl2NO2. The van der Waals surface area contributed by atoms with Crippen LogP contribution in [0.15, 0.2) is 18.2 Å². The van der Waals surface area contributed by atoms with Gasteiger partial charge in [-0.2, -0.15) is 0 Å². The van der Waals surface area contributed by atoms with Gasteiger partial charge in [0.15, 0.2) is 0 Å². The minimum absolute atomic E-state index is 0.0600. The predicted molar refractivity (Wildman–Crippen MR) is 74.4 cm³/mol. The van der Waals surface area contributed by atoms with E-state index in [0.717, 1.165) is 5.56 Å². The van der Waals surface area contributed by atoms with E-state index in [2.05, 4.69) is 5.32 Å². The average Bonchev–Trinajstić information content (AvgIpc) is 2.26. The van der Waals surface area contributed by atoms with Crippen molar-refractivity contribution in [3.8, 4) is 0 Å². The first kappa shape index (κ1) is 15.3. The molecule has 100 valence electrons. The molecule has 0 aromatic heterocycles. The minimum atomic E-state index is -0.273. The summed E-state index contributed by atoms with van der Waals surface area (Å²) in [7, 11) is 1.49. The van der Waals surface area contributed by atoms with Gasteiger partial charge in [0.1, 0.15) is 6.61 Å². The predicted octanol–water partition coefficient (Wildman–Crippen LogP) is 3.03. The van der Waals surface area contributed by atoms with Gasteiger partial charge in [-0.25, -0.2) is 0 Å². The van der Waals surface area contributed by atoms with E-state index in [1.165, 1.54) is 7.11 Å². The first-order valence-corrected chi connectivity index (χ1v) is 6.33. The Balaban J connectivity index is 2.76. The third-order valence-corrected chi connectivity index (χ3v) is 3.21. The number of amides is 1. The lowest BCUT2D eigenvalue weighted by molar-refractivity contribution is -0.124. The molecule has 18 heavy (non-hydrogen) atoms. The maximum absolute atomic E-state index is 11.4. The number of benzene rings is 1. The Hall–Kier alpha value is -0.770. The summed E-state index contributed by atoms with van der Waals surface area (Å²) in [6, 6.07) is 5.38. The van der Waals surface area contributed by atoms with Gasteiger partial charge in [-0.15, -0.1) is 0 Å². The van der Waals surface area contributed by atoms with Crippen molar-refractivity contribution in [3.63, 3.8) is 0 Å². The summed E-state index contributed by atoms with van der Waals surface area (Å²) in [6.07, 6.45) is 0. The number of carbonyl (C=O) groups is 1. The standard InChI is InChI=1S/C13H17Cl2NO2/c1-13(2,8-16-12(17)7-18-3)10-5-4-9(14)6-11(10)15/h4-6H,7-8H2,1-3H3,(H,16,17). The molecule has 0 aliphatic rings. The van der Waals surface area contributed by atoms with Gasteiger partial charge in [0.05, 0.1) is 0 Å². The molecule has 1 aromatic rings. The van der Waals surface area contributed by atoms with Crippen molar-refractivity contribution in [2.24, 2.45) is 0 Å². The number of halogens is 2. The Kier molecular flexibility index (Phi) is 5.45. The summed E-state index contributed by atoms with van der Waals surface area (Å²) in [6.45, 7) is 4.56. The number of rotatable bonds is 5. The van der Waals surface area contributed by atoms with Crippen LogP contribution in [0.5, 0.6) is 0 Å². The SMILES string of the molecule is COCC(=O)NCC(C)(C)c1ccc(Cl)cc1Cl. The molecule has 1 amide bonds. The zero-order valence-electron chi connectivity index (χ0n) is 10.7. The van der Waals surface area contributed by atoms with Gasteiger partial charge in [-0.05, 0) is 17.7 Å². The molecule has 0 saturated heterocycles. The fourth-order valence-corrected chi connectivity index (χ4v) is 2.30. The Morgan fingerprint density at radius 1 is 1.39 bits per heavy atom. The second-order valence-corrected chi connectivity index (χ2v) is 5.56. The molecule has 5 heteroatoms. The maximum Gasteiger partial charge on any atom is 0.246 e. The van der Waals surface area contributed by atoms with Crippen LogP contribution in [0.2, 0.25) is 10.0 Å². The summed E-state index contributed by atoms with van der Waals surface area (Å²) in [5.41, 5.74) is 0.678. The van der Waals surface area contributed by atoms with E-state index in [1.807, 2.05) is 19.9 Å². The third-order valence-electron chi connectivity index (χ3n) is 2.66. The van der Waals surface area contributed by atoms with Crippen LogP contribution in [0.1, 0.15) is 19.4 Å². The molecule has 0 spiro atoms. The van der Waals surface area contributed by atoms with Crippen LogP contribution in [0, 0.1) is 0 Å². The highest BCUT2D eigenvalue weighted by atomic mass is 35.5. The van der Waals surface area contributed by atoms with E-state index < -0.39 is 0 Å². The van der Waals surface area contributed by atoms with Gasteiger partial charge in [-0.1, -0.05) is 43.1 Å². The van der Waals surface area contributed by atoms with Gasteiger partial charge in [-0.3, -0.25) is 4.79 Å². The van der Waals surface area contributed by atoms with Crippen LogP contribution in [0.4, 0.5) is 0 Å². The van der Waals surface area contributed by atoms with E-state index in [1.54, 1.807) is 12.1 Å². The fourth-order valence-electron chi connectivity index (χ4n) is 1.64. The van der Waals surface area contributed by atoms with Crippen molar-refractivity contribution >= 4 is 29.1 Å². The second-order valence-electron chi connectivity index (χ2n) is 4.72. The van der Waals surface area contributed by atoms with E-state index in [4.69, 9.17) is 27.9 Å². The first-order chi connectivity index (χ1) is 8.36. The van der Waals surface area contributed by atoms with E-state index in [0.29, 0.717) is 16.6 Å². The lowest BCUT2D eigenvalue weighted by Crippen LogP contribution is -2.38. The summed E-state index contributed by atoms with van der Waals surface area (Å²) < 4.78 is 4.76. The van der Waals surface area contributed by atoms with Gasteiger partial charge >= 0.3 is 0 Å².